The largest absolute Gasteiger partial charge is 0.497 e. The molecule has 0 bridgehead atoms. The number of piperazine rings is 1. The number of hydrogen-bond acceptors (Lipinski definition) is 7. The van der Waals surface area contributed by atoms with Crippen molar-refractivity contribution in [3.05, 3.63) is 75.3 Å². The van der Waals surface area contributed by atoms with Crippen LogP contribution >= 0.6 is 11.6 Å². The van der Waals surface area contributed by atoms with E-state index < -0.39 is 4.92 Å². The monoisotopic (exact) mass is 453 g/mol. The number of nitro groups is 1. The molecule has 3 aromatic rings. The van der Waals surface area contributed by atoms with Gasteiger partial charge in [0, 0.05) is 43.9 Å². The summed E-state index contributed by atoms with van der Waals surface area (Å²) in [6.07, 6.45) is 0. The summed E-state index contributed by atoms with van der Waals surface area (Å²) in [5, 5.41) is 19.6. The van der Waals surface area contributed by atoms with Crippen LogP contribution in [0.25, 0.3) is 11.3 Å². The lowest BCUT2D eigenvalue weighted by molar-refractivity contribution is -0.384. The molecule has 2 aromatic carbocycles. The zero-order chi connectivity index (χ0) is 22.7. The minimum absolute atomic E-state index is 0.0747. The van der Waals surface area contributed by atoms with Crippen LogP contribution in [-0.4, -0.2) is 59.2 Å². The Kier molecular flexibility index (Phi) is 6.18. The quantitative estimate of drug-likeness (QED) is 0.429. The molecule has 0 N–H and O–H groups in total. The van der Waals surface area contributed by atoms with Crippen molar-refractivity contribution in [3.8, 4) is 17.0 Å². The molecule has 0 radical (unpaired) electrons. The van der Waals surface area contributed by atoms with Crippen LogP contribution in [0.15, 0.2) is 54.6 Å². The van der Waals surface area contributed by atoms with Gasteiger partial charge in [0.25, 0.3) is 11.6 Å². The highest BCUT2D eigenvalue weighted by Crippen LogP contribution is 2.25. The van der Waals surface area contributed by atoms with Gasteiger partial charge in [-0.05, 0) is 30.3 Å². The standard InChI is InChI=1S/C22H20ClN5O4/c1-32-17-4-2-3-15(13-17)20-7-8-21(25-24-20)26-9-11-27(12-10-26)22(29)18-6-5-16(28(30)31)14-19(18)23/h2-8,13-14H,9-12H2,1H3. The number of amides is 1. The average molecular weight is 454 g/mol. The van der Waals surface area contributed by atoms with E-state index in [-0.39, 0.29) is 22.2 Å². The van der Waals surface area contributed by atoms with Gasteiger partial charge in [-0.3, -0.25) is 14.9 Å². The molecule has 0 unspecified atom stereocenters. The van der Waals surface area contributed by atoms with Crippen molar-refractivity contribution in [1.82, 2.24) is 15.1 Å². The van der Waals surface area contributed by atoms with Crippen LogP contribution in [0.3, 0.4) is 0 Å². The second-order valence-electron chi connectivity index (χ2n) is 7.21. The van der Waals surface area contributed by atoms with Crippen molar-refractivity contribution in [3.63, 3.8) is 0 Å². The third kappa shape index (κ3) is 4.47. The second-order valence-corrected chi connectivity index (χ2v) is 7.62. The normalized spacial score (nSPS) is 13.7. The van der Waals surface area contributed by atoms with E-state index in [0.717, 1.165) is 22.8 Å². The van der Waals surface area contributed by atoms with Crippen molar-refractivity contribution in [1.29, 1.82) is 0 Å². The summed E-state index contributed by atoms with van der Waals surface area (Å²) in [4.78, 5) is 26.9. The predicted molar refractivity (Wildman–Crippen MR) is 120 cm³/mol. The van der Waals surface area contributed by atoms with Gasteiger partial charge >= 0.3 is 0 Å². The van der Waals surface area contributed by atoms with Crippen LogP contribution in [0.4, 0.5) is 11.5 Å². The topological polar surface area (TPSA) is 102 Å². The van der Waals surface area contributed by atoms with Crippen LogP contribution < -0.4 is 9.64 Å². The van der Waals surface area contributed by atoms with Gasteiger partial charge in [0.05, 0.1) is 28.3 Å². The maximum atomic E-state index is 12.8. The van der Waals surface area contributed by atoms with Gasteiger partial charge < -0.3 is 14.5 Å². The van der Waals surface area contributed by atoms with Gasteiger partial charge in [-0.25, -0.2) is 0 Å². The van der Waals surface area contributed by atoms with E-state index in [2.05, 4.69) is 15.1 Å². The lowest BCUT2D eigenvalue weighted by atomic mass is 10.1. The SMILES string of the molecule is COc1cccc(-c2ccc(N3CCN(C(=O)c4ccc([N+](=O)[O-])cc4Cl)CC3)nn2)c1. The zero-order valence-electron chi connectivity index (χ0n) is 17.3. The molecular weight excluding hydrogens is 434 g/mol. The Labute approximate surface area is 189 Å². The Balaban J connectivity index is 1.40. The molecule has 32 heavy (non-hydrogen) atoms. The summed E-state index contributed by atoms with van der Waals surface area (Å²) >= 11 is 6.11. The van der Waals surface area contributed by atoms with Crippen LogP contribution in [0, 0.1) is 10.1 Å². The van der Waals surface area contributed by atoms with Crippen molar-refractivity contribution in [2.75, 3.05) is 38.2 Å². The molecule has 0 aliphatic carbocycles. The van der Waals surface area contributed by atoms with Crippen molar-refractivity contribution in [2.24, 2.45) is 0 Å². The summed E-state index contributed by atoms with van der Waals surface area (Å²) in [7, 11) is 1.62. The molecular formula is C22H20ClN5O4. The summed E-state index contributed by atoms with van der Waals surface area (Å²) in [5.41, 5.74) is 1.77. The molecule has 0 saturated carbocycles. The van der Waals surface area contributed by atoms with E-state index in [1.165, 1.54) is 18.2 Å². The molecule has 9 nitrogen and oxygen atoms in total. The Morgan fingerprint density at radius 3 is 2.47 bits per heavy atom. The molecule has 1 aromatic heterocycles. The summed E-state index contributed by atoms with van der Waals surface area (Å²) in [6.45, 7) is 2.13. The number of methoxy groups -OCH3 is 1. The van der Waals surface area contributed by atoms with Crippen molar-refractivity contribution in [2.45, 2.75) is 0 Å². The third-order valence-electron chi connectivity index (χ3n) is 5.30. The van der Waals surface area contributed by atoms with Gasteiger partial charge in [0.15, 0.2) is 5.82 Å². The van der Waals surface area contributed by atoms with E-state index in [4.69, 9.17) is 16.3 Å². The Morgan fingerprint density at radius 1 is 1.06 bits per heavy atom. The molecule has 0 spiro atoms. The van der Waals surface area contributed by atoms with Gasteiger partial charge in [-0.15, -0.1) is 10.2 Å². The van der Waals surface area contributed by atoms with E-state index in [9.17, 15) is 14.9 Å². The number of ether oxygens (including phenoxy) is 1. The number of hydrogen-bond donors (Lipinski definition) is 0. The number of anilines is 1. The van der Waals surface area contributed by atoms with E-state index in [1.807, 2.05) is 36.4 Å². The molecule has 164 valence electrons. The highest BCUT2D eigenvalue weighted by Gasteiger charge is 2.25. The van der Waals surface area contributed by atoms with Gasteiger partial charge in [0.1, 0.15) is 5.75 Å². The molecule has 2 heterocycles. The van der Waals surface area contributed by atoms with Crippen LogP contribution in [-0.2, 0) is 0 Å². The zero-order valence-corrected chi connectivity index (χ0v) is 18.0. The lowest BCUT2D eigenvalue weighted by Crippen LogP contribution is -2.49. The second kappa shape index (κ2) is 9.19. The number of benzene rings is 2. The Bertz CT molecular complexity index is 1150. The summed E-state index contributed by atoms with van der Waals surface area (Å²) < 4.78 is 5.25. The first-order chi connectivity index (χ1) is 15.5. The molecule has 1 aliphatic rings. The first-order valence-electron chi connectivity index (χ1n) is 9.92. The van der Waals surface area contributed by atoms with Crippen LogP contribution in [0.5, 0.6) is 5.75 Å². The minimum Gasteiger partial charge on any atom is -0.497 e. The van der Waals surface area contributed by atoms with Gasteiger partial charge in [-0.1, -0.05) is 23.7 Å². The maximum Gasteiger partial charge on any atom is 0.270 e. The third-order valence-corrected chi connectivity index (χ3v) is 5.61. The Morgan fingerprint density at radius 2 is 1.84 bits per heavy atom. The van der Waals surface area contributed by atoms with E-state index >= 15 is 0 Å². The highest BCUT2D eigenvalue weighted by molar-refractivity contribution is 6.34. The summed E-state index contributed by atoms with van der Waals surface area (Å²) in [6, 6.07) is 15.3. The van der Waals surface area contributed by atoms with Crippen LogP contribution in [0.1, 0.15) is 10.4 Å². The lowest BCUT2D eigenvalue weighted by Gasteiger charge is -2.35. The smallest absolute Gasteiger partial charge is 0.270 e. The number of halogens is 1. The number of aromatic nitrogens is 2. The number of nitro benzene ring substituents is 1. The van der Waals surface area contributed by atoms with Gasteiger partial charge in [-0.2, -0.15) is 0 Å². The van der Waals surface area contributed by atoms with Gasteiger partial charge in [0.2, 0.25) is 0 Å². The first-order valence-corrected chi connectivity index (χ1v) is 10.3. The molecule has 4 rings (SSSR count). The molecule has 10 heteroatoms. The van der Waals surface area contributed by atoms with E-state index in [1.54, 1.807) is 12.0 Å². The predicted octanol–water partition coefficient (Wildman–Crippen LogP) is 3.68. The Hall–Kier alpha value is -3.72. The molecule has 1 fully saturated rings. The number of carbonyl (C=O) groups is 1. The number of non-ortho nitro benzene ring substituents is 1. The fraction of sp³-hybridized carbons (Fsp3) is 0.227. The fourth-order valence-electron chi connectivity index (χ4n) is 3.53. The average Bonchev–Trinajstić information content (AvgIpc) is 2.84. The number of carbonyl (C=O) groups excluding carboxylic acids is 1. The van der Waals surface area contributed by atoms with Crippen molar-refractivity contribution >= 4 is 29.0 Å². The first kappa shape index (κ1) is 21.5. The number of rotatable bonds is 5. The summed E-state index contributed by atoms with van der Waals surface area (Å²) in [5.74, 6) is 1.24. The van der Waals surface area contributed by atoms with Crippen LogP contribution in [0.2, 0.25) is 5.02 Å². The van der Waals surface area contributed by atoms with Crippen molar-refractivity contribution < 1.29 is 14.5 Å². The molecule has 0 atom stereocenters. The number of nitrogens with zero attached hydrogens (tertiary/aromatic N) is 5. The highest BCUT2D eigenvalue weighted by atomic mass is 35.5. The molecule has 1 saturated heterocycles. The molecule has 1 aliphatic heterocycles. The van der Waals surface area contributed by atoms with E-state index in [0.29, 0.717) is 26.2 Å². The molecule has 1 amide bonds. The fourth-order valence-corrected chi connectivity index (χ4v) is 3.79. The minimum atomic E-state index is -0.542. The maximum absolute atomic E-state index is 12.8.